The molecule has 2 N–H and O–H groups in total. The standard InChI is InChI=1S/C21H28N4O5S/c1-21(10-11-21)23-31(29,30)15-8-9-17-16(12-15)19(27)25(20(28)24(17)2)13-18(26)22-14-6-4-3-5-7-14/h3-7,15-17,23H,8-13H2,1-2H3,(H,22,26). The monoisotopic (exact) mass is 448 g/mol. The molecule has 3 atom stereocenters. The normalized spacial score (nSPS) is 27.6. The third-order valence-corrected chi connectivity index (χ3v) is 8.65. The van der Waals surface area contributed by atoms with Crippen LogP contribution in [0.3, 0.4) is 0 Å². The number of hydrogen-bond acceptors (Lipinski definition) is 5. The van der Waals surface area contributed by atoms with Gasteiger partial charge in [-0.25, -0.2) is 17.9 Å². The third kappa shape index (κ3) is 4.45. The summed E-state index contributed by atoms with van der Waals surface area (Å²) in [6.07, 6.45) is 2.59. The second-order valence-corrected chi connectivity index (χ2v) is 11.0. The number of urea groups is 1. The van der Waals surface area contributed by atoms with Crippen molar-refractivity contribution in [2.75, 3.05) is 18.9 Å². The maximum atomic E-state index is 13.2. The molecule has 0 spiro atoms. The predicted octanol–water partition coefficient (Wildman–Crippen LogP) is 1.53. The van der Waals surface area contributed by atoms with Gasteiger partial charge >= 0.3 is 6.03 Å². The number of fused-ring (bicyclic) bond motifs is 1. The number of nitrogens with zero attached hydrogens (tertiary/aromatic N) is 2. The second kappa shape index (κ2) is 7.90. The molecule has 0 aromatic heterocycles. The molecule has 9 nitrogen and oxygen atoms in total. The highest BCUT2D eigenvalue weighted by Gasteiger charge is 2.51. The van der Waals surface area contributed by atoms with E-state index in [9.17, 15) is 22.8 Å². The number of carbonyl (C=O) groups excluding carboxylic acids is 3. The van der Waals surface area contributed by atoms with Crippen LogP contribution >= 0.6 is 0 Å². The van der Waals surface area contributed by atoms with Gasteiger partial charge in [0.2, 0.25) is 21.8 Å². The summed E-state index contributed by atoms with van der Waals surface area (Å²) in [6.45, 7) is 1.47. The molecule has 1 aromatic rings. The first-order valence-corrected chi connectivity index (χ1v) is 12.1. The average molecular weight is 449 g/mol. The number of imide groups is 1. The minimum atomic E-state index is -3.57. The van der Waals surface area contributed by atoms with E-state index < -0.39 is 45.6 Å². The van der Waals surface area contributed by atoms with Crippen molar-refractivity contribution in [2.24, 2.45) is 5.92 Å². The van der Waals surface area contributed by atoms with Crippen LogP contribution in [0.25, 0.3) is 0 Å². The van der Waals surface area contributed by atoms with Gasteiger partial charge in [-0.3, -0.25) is 14.5 Å². The maximum absolute atomic E-state index is 13.2. The lowest BCUT2D eigenvalue weighted by atomic mass is 9.81. The van der Waals surface area contributed by atoms with Crippen LogP contribution in [0.1, 0.15) is 39.0 Å². The first-order chi connectivity index (χ1) is 14.6. The molecule has 4 amide bonds. The van der Waals surface area contributed by atoms with Gasteiger partial charge in [0.1, 0.15) is 6.54 Å². The zero-order valence-electron chi connectivity index (χ0n) is 17.7. The van der Waals surface area contributed by atoms with Crippen LogP contribution in [-0.2, 0) is 19.6 Å². The van der Waals surface area contributed by atoms with E-state index in [1.54, 1.807) is 31.3 Å². The van der Waals surface area contributed by atoms with E-state index in [4.69, 9.17) is 0 Å². The SMILES string of the molecule is CN1C(=O)N(CC(=O)Nc2ccccc2)C(=O)C2CC(S(=O)(=O)NC3(C)CC3)CCC21. The number of para-hydroxylation sites is 1. The third-order valence-electron chi connectivity index (χ3n) is 6.57. The van der Waals surface area contributed by atoms with Crippen LogP contribution in [0.2, 0.25) is 0 Å². The number of nitrogens with one attached hydrogen (secondary N) is 2. The van der Waals surface area contributed by atoms with Crippen LogP contribution in [0.5, 0.6) is 0 Å². The van der Waals surface area contributed by atoms with Crippen LogP contribution < -0.4 is 10.0 Å². The van der Waals surface area contributed by atoms with Crippen molar-refractivity contribution >= 4 is 33.6 Å². The first kappa shape index (κ1) is 21.8. The molecule has 3 aliphatic rings. The zero-order chi connectivity index (χ0) is 22.4. The van der Waals surface area contributed by atoms with E-state index in [1.165, 1.54) is 4.90 Å². The lowest BCUT2D eigenvalue weighted by molar-refractivity contribution is -0.142. The fourth-order valence-electron chi connectivity index (χ4n) is 4.48. The molecule has 168 valence electrons. The highest BCUT2D eigenvalue weighted by Crippen LogP contribution is 2.39. The van der Waals surface area contributed by atoms with Crippen molar-refractivity contribution in [1.29, 1.82) is 0 Å². The first-order valence-electron chi connectivity index (χ1n) is 10.6. The summed E-state index contributed by atoms with van der Waals surface area (Å²) in [4.78, 5) is 40.8. The molecule has 1 saturated heterocycles. The van der Waals surface area contributed by atoms with Gasteiger partial charge in [0.15, 0.2) is 0 Å². The number of carbonyl (C=O) groups is 3. The molecule has 1 aromatic carbocycles. The minimum Gasteiger partial charge on any atom is -0.325 e. The van der Waals surface area contributed by atoms with Gasteiger partial charge in [-0.15, -0.1) is 0 Å². The molecule has 0 radical (unpaired) electrons. The average Bonchev–Trinajstić information content (AvgIpc) is 3.45. The maximum Gasteiger partial charge on any atom is 0.327 e. The molecule has 10 heteroatoms. The van der Waals surface area contributed by atoms with Crippen LogP contribution in [0.4, 0.5) is 10.5 Å². The Morgan fingerprint density at radius 1 is 1.16 bits per heavy atom. The van der Waals surface area contributed by atoms with Gasteiger partial charge in [0.25, 0.3) is 0 Å². The fraction of sp³-hybridized carbons (Fsp3) is 0.571. The van der Waals surface area contributed by atoms with Crippen LogP contribution in [-0.4, -0.2) is 66.5 Å². The van der Waals surface area contributed by atoms with Gasteiger partial charge < -0.3 is 10.2 Å². The Balaban J connectivity index is 1.47. The fourth-order valence-corrected chi connectivity index (χ4v) is 6.45. The van der Waals surface area contributed by atoms with Crippen molar-refractivity contribution in [1.82, 2.24) is 14.5 Å². The van der Waals surface area contributed by atoms with Gasteiger partial charge in [-0.05, 0) is 51.2 Å². The number of sulfonamides is 1. The number of benzene rings is 1. The van der Waals surface area contributed by atoms with Gasteiger partial charge in [0.05, 0.1) is 11.2 Å². The summed E-state index contributed by atoms with van der Waals surface area (Å²) in [5.41, 5.74) is 0.194. The Morgan fingerprint density at radius 3 is 2.48 bits per heavy atom. The molecule has 2 aliphatic carbocycles. The van der Waals surface area contributed by atoms with Crippen molar-refractivity contribution in [3.8, 4) is 0 Å². The number of anilines is 1. The lowest BCUT2D eigenvalue weighted by Gasteiger charge is -2.46. The molecular formula is C21H28N4O5S. The molecule has 3 fully saturated rings. The van der Waals surface area contributed by atoms with E-state index in [0.29, 0.717) is 18.5 Å². The van der Waals surface area contributed by atoms with E-state index in [2.05, 4.69) is 10.0 Å². The van der Waals surface area contributed by atoms with Crippen molar-refractivity contribution < 1.29 is 22.8 Å². The molecule has 1 heterocycles. The second-order valence-electron chi connectivity index (χ2n) is 9.05. The molecule has 1 aliphatic heterocycles. The largest absolute Gasteiger partial charge is 0.327 e. The molecular weight excluding hydrogens is 420 g/mol. The van der Waals surface area contributed by atoms with E-state index in [-0.39, 0.29) is 18.0 Å². The van der Waals surface area contributed by atoms with Crippen LogP contribution in [0, 0.1) is 5.92 Å². The zero-order valence-corrected chi connectivity index (χ0v) is 18.5. The van der Waals surface area contributed by atoms with Crippen LogP contribution in [0.15, 0.2) is 30.3 Å². The summed E-state index contributed by atoms with van der Waals surface area (Å²) in [6, 6.07) is 7.89. The summed E-state index contributed by atoms with van der Waals surface area (Å²) < 4.78 is 28.5. The number of rotatable bonds is 6. The number of amides is 4. The lowest BCUT2D eigenvalue weighted by Crippen LogP contribution is -2.63. The summed E-state index contributed by atoms with van der Waals surface area (Å²) in [7, 11) is -1.96. The molecule has 3 unspecified atom stereocenters. The quantitative estimate of drug-likeness (QED) is 0.685. The van der Waals surface area contributed by atoms with E-state index in [1.807, 2.05) is 13.0 Å². The minimum absolute atomic E-state index is 0.142. The Morgan fingerprint density at radius 2 is 1.84 bits per heavy atom. The summed E-state index contributed by atoms with van der Waals surface area (Å²) in [5, 5.41) is 1.99. The van der Waals surface area contributed by atoms with E-state index in [0.717, 1.165) is 17.7 Å². The van der Waals surface area contributed by atoms with Crippen molar-refractivity contribution in [3.05, 3.63) is 30.3 Å². The Hall–Kier alpha value is -2.46. The van der Waals surface area contributed by atoms with Crippen molar-refractivity contribution in [2.45, 2.75) is 55.9 Å². The number of hydrogen-bond donors (Lipinski definition) is 2. The summed E-state index contributed by atoms with van der Waals surface area (Å²) in [5.74, 6) is -1.61. The predicted molar refractivity (Wildman–Crippen MR) is 115 cm³/mol. The Bertz CT molecular complexity index is 992. The van der Waals surface area contributed by atoms with E-state index >= 15 is 0 Å². The van der Waals surface area contributed by atoms with Crippen molar-refractivity contribution in [3.63, 3.8) is 0 Å². The summed E-state index contributed by atoms with van der Waals surface area (Å²) >= 11 is 0. The highest BCUT2D eigenvalue weighted by molar-refractivity contribution is 7.90. The Labute approximate surface area is 182 Å². The molecule has 4 rings (SSSR count). The highest BCUT2D eigenvalue weighted by atomic mass is 32.2. The molecule has 31 heavy (non-hydrogen) atoms. The van der Waals surface area contributed by atoms with Gasteiger partial charge in [-0.1, -0.05) is 18.2 Å². The molecule has 2 saturated carbocycles. The van der Waals surface area contributed by atoms with Gasteiger partial charge in [-0.2, -0.15) is 0 Å². The van der Waals surface area contributed by atoms with Gasteiger partial charge in [0, 0.05) is 24.3 Å². The molecule has 0 bridgehead atoms. The smallest absolute Gasteiger partial charge is 0.325 e. The Kier molecular flexibility index (Phi) is 5.55. The topological polar surface area (TPSA) is 116 Å².